The van der Waals surface area contributed by atoms with Crippen molar-refractivity contribution < 1.29 is 103 Å². The van der Waals surface area contributed by atoms with Crippen LogP contribution < -0.4 is 14.8 Å². The summed E-state index contributed by atoms with van der Waals surface area (Å²) in [6.07, 6.45) is 0. The normalized spacial score (nSPS) is 12.5. The van der Waals surface area contributed by atoms with Gasteiger partial charge in [0.1, 0.15) is 58.1 Å². The number of aliphatic hydroxyl groups is 2. The van der Waals surface area contributed by atoms with Crippen molar-refractivity contribution in [2.45, 2.75) is 38.3 Å². The van der Waals surface area contributed by atoms with Crippen LogP contribution >= 0.6 is 24.1 Å². The summed E-state index contributed by atoms with van der Waals surface area (Å²) >= 11 is 0.906. The van der Waals surface area contributed by atoms with Crippen LogP contribution in [0.5, 0.6) is 28.7 Å². The lowest BCUT2D eigenvalue weighted by molar-refractivity contribution is -0.432. The molecular weight excluding hydrogens is 1340 g/mol. The van der Waals surface area contributed by atoms with Crippen molar-refractivity contribution in [2.75, 3.05) is 31.7 Å². The van der Waals surface area contributed by atoms with Crippen LogP contribution in [0.1, 0.15) is 11.1 Å². The van der Waals surface area contributed by atoms with Crippen molar-refractivity contribution in [2.24, 2.45) is 40.9 Å². The SMILES string of the molecule is Cc1cc(/N=N/c2c(S(=O)(=O)O)cc3cc(Nc4ccc5c(O)c(/N=N/c6cc(C)c(/N=N/c7cc(S(=O)(=O)O)cc8cc(SOOO)cc(O)c78)cc6OCCO)c(SOOO)cc5c4)ccc3c2O)c(OCCO)cc1/N=N/c1cccc2ccc(S(=O)(=O)O)cc12. The van der Waals surface area contributed by atoms with Gasteiger partial charge in [-0.2, -0.15) is 35.5 Å². The van der Waals surface area contributed by atoms with Crippen LogP contribution in [-0.4, -0.2) is 101 Å². The van der Waals surface area contributed by atoms with Gasteiger partial charge in [-0.3, -0.25) is 13.7 Å². The lowest BCUT2D eigenvalue weighted by atomic mass is 10.1. The van der Waals surface area contributed by atoms with Gasteiger partial charge in [0.15, 0.2) is 11.5 Å². The van der Waals surface area contributed by atoms with E-state index >= 15 is 0 Å². The number of nitrogens with zero attached hydrogens (tertiary/aromatic N) is 8. The van der Waals surface area contributed by atoms with E-state index in [1.807, 2.05) is 0 Å². The molecule has 0 saturated heterocycles. The van der Waals surface area contributed by atoms with Gasteiger partial charge in [0.2, 0.25) is 0 Å². The Hall–Kier alpha value is -9.45. The van der Waals surface area contributed by atoms with Gasteiger partial charge < -0.3 is 40.3 Å². The van der Waals surface area contributed by atoms with Crippen LogP contribution in [0.4, 0.5) is 56.9 Å². The van der Waals surface area contributed by atoms with Crippen LogP contribution in [0, 0.1) is 13.8 Å². The summed E-state index contributed by atoms with van der Waals surface area (Å²) in [5, 5.41) is 118. The number of anilines is 2. The van der Waals surface area contributed by atoms with Crippen molar-refractivity contribution in [3.05, 3.63) is 145 Å². The Morgan fingerprint density at radius 2 is 1.00 bits per heavy atom. The summed E-state index contributed by atoms with van der Waals surface area (Å²) in [4.78, 5) is -1.59. The van der Waals surface area contributed by atoms with Crippen molar-refractivity contribution in [3.8, 4) is 28.7 Å². The van der Waals surface area contributed by atoms with E-state index in [4.69, 9.17) is 24.3 Å². The number of aromatic hydroxyl groups is 3. The molecule has 0 heterocycles. The summed E-state index contributed by atoms with van der Waals surface area (Å²) in [5.41, 5.74) is 1.09. The van der Waals surface area contributed by atoms with Gasteiger partial charge in [0, 0.05) is 44.6 Å². The van der Waals surface area contributed by atoms with E-state index in [1.165, 1.54) is 84.9 Å². The molecule has 0 atom stereocenters. The third-order valence-corrected chi connectivity index (χ3v) is 17.4. The molecule has 0 fully saturated rings. The molecule has 0 aliphatic heterocycles. The molecular formula is C58H47N9O22S5. The van der Waals surface area contributed by atoms with Gasteiger partial charge in [-0.25, -0.2) is 10.5 Å². The third kappa shape index (κ3) is 15.3. The number of phenolic OH excluding ortho intramolecular Hbond substituents is 3. The number of hydrogen-bond donors (Lipinski definition) is 11. The monoisotopic (exact) mass is 1380 g/mol. The second kappa shape index (κ2) is 28.4. The van der Waals surface area contributed by atoms with Crippen LogP contribution in [-0.2, 0) is 49.1 Å². The maximum atomic E-state index is 13.0. The molecule has 10 rings (SSSR count). The average Bonchev–Trinajstić information content (AvgIpc) is 0.782. The molecule has 0 aliphatic rings. The van der Waals surface area contributed by atoms with E-state index in [-0.39, 0.29) is 106 Å². The maximum Gasteiger partial charge on any atom is 0.296 e. The number of hydrogen-bond acceptors (Lipinski definition) is 30. The highest BCUT2D eigenvalue weighted by atomic mass is 32.2. The maximum absolute atomic E-state index is 13.0. The topological polar surface area (TPSA) is 471 Å². The van der Waals surface area contributed by atoms with Gasteiger partial charge in [0.05, 0.1) is 80.1 Å². The van der Waals surface area contributed by atoms with Crippen molar-refractivity contribution in [3.63, 3.8) is 0 Å². The predicted octanol–water partition coefficient (Wildman–Crippen LogP) is 14.8. The highest BCUT2D eigenvalue weighted by Gasteiger charge is 2.25. The summed E-state index contributed by atoms with van der Waals surface area (Å²) in [6.45, 7) is 1.85. The Labute approximate surface area is 538 Å². The molecule has 94 heavy (non-hydrogen) atoms. The lowest BCUT2D eigenvalue weighted by Gasteiger charge is -2.14. The van der Waals surface area contributed by atoms with Gasteiger partial charge >= 0.3 is 0 Å². The Kier molecular flexibility index (Phi) is 20.4. The van der Waals surface area contributed by atoms with E-state index < -0.39 is 76.3 Å². The summed E-state index contributed by atoms with van der Waals surface area (Å²) in [7, 11) is -14.5. The van der Waals surface area contributed by atoms with E-state index in [2.05, 4.69) is 60.6 Å². The van der Waals surface area contributed by atoms with Crippen LogP contribution in [0.25, 0.3) is 43.1 Å². The smallest absolute Gasteiger partial charge is 0.296 e. The zero-order chi connectivity index (χ0) is 67.2. The second-order valence-corrected chi connectivity index (χ2v) is 25.6. The van der Waals surface area contributed by atoms with Gasteiger partial charge in [-0.05, 0) is 150 Å². The molecule has 0 radical (unpaired) electrons. The Morgan fingerprint density at radius 1 is 0.457 bits per heavy atom. The molecule has 0 bridgehead atoms. The number of azo groups is 4. The fourth-order valence-corrected chi connectivity index (χ4v) is 12.1. The van der Waals surface area contributed by atoms with Crippen LogP contribution in [0.3, 0.4) is 0 Å². The fourth-order valence-electron chi connectivity index (χ4n) is 9.42. The van der Waals surface area contributed by atoms with Gasteiger partial charge in [0.25, 0.3) is 30.4 Å². The highest BCUT2D eigenvalue weighted by Crippen LogP contribution is 2.48. The number of rotatable bonds is 25. The number of fused-ring (bicyclic) bond motifs is 4. The summed E-state index contributed by atoms with van der Waals surface area (Å²) in [6, 6.07) is 30.9. The number of ether oxygens (including phenoxy) is 2. The first-order valence-electron chi connectivity index (χ1n) is 26.7. The first-order valence-corrected chi connectivity index (χ1v) is 32.5. The molecule has 10 aromatic rings. The van der Waals surface area contributed by atoms with Crippen molar-refractivity contribution >= 4 is 154 Å². The third-order valence-electron chi connectivity index (χ3n) is 13.7. The molecule has 31 nitrogen and oxygen atoms in total. The highest BCUT2D eigenvalue weighted by molar-refractivity contribution is 7.95. The minimum atomic E-state index is -5.13. The van der Waals surface area contributed by atoms with E-state index in [1.54, 1.807) is 44.2 Å². The lowest BCUT2D eigenvalue weighted by Crippen LogP contribution is -2.02. The van der Waals surface area contributed by atoms with Crippen molar-refractivity contribution in [1.29, 1.82) is 0 Å². The van der Waals surface area contributed by atoms with Crippen molar-refractivity contribution in [1.82, 2.24) is 0 Å². The molecule has 0 aromatic heterocycles. The summed E-state index contributed by atoms with van der Waals surface area (Å²) < 4.78 is 125. The number of phenols is 3. The largest absolute Gasteiger partial charge is 0.507 e. The van der Waals surface area contributed by atoms with Gasteiger partial charge in [-0.15, -0.1) is 39.4 Å². The zero-order valence-electron chi connectivity index (χ0n) is 48.0. The first kappa shape index (κ1) is 67.4. The number of aliphatic hydroxyl groups excluding tert-OH is 2. The Morgan fingerprint density at radius 3 is 1.57 bits per heavy atom. The molecule has 0 aliphatic carbocycles. The number of aryl methyl sites for hydroxylation is 2. The molecule has 0 saturated carbocycles. The van der Waals surface area contributed by atoms with E-state index in [0.29, 0.717) is 62.7 Å². The Bertz CT molecular complexity index is 5140. The molecule has 486 valence electrons. The second-order valence-electron chi connectivity index (χ2n) is 19.8. The summed E-state index contributed by atoms with van der Waals surface area (Å²) in [5.74, 6) is -1.58. The van der Waals surface area contributed by atoms with E-state index in [9.17, 15) is 64.4 Å². The predicted molar refractivity (Wildman–Crippen MR) is 339 cm³/mol. The number of benzene rings is 10. The zero-order valence-corrected chi connectivity index (χ0v) is 52.1. The average molecular weight is 1380 g/mol. The molecule has 0 unspecified atom stereocenters. The minimum absolute atomic E-state index is 0.00883. The Balaban J connectivity index is 0.927. The molecule has 0 amide bonds. The van der Waals surface area contributed by atoms with Gasteiger partial charge in [-0.1, -0.05) is 28.3 Å². The van der Waals surface area contributed by atoms with Crippen LogP contribution in [0.2, 0.25) is 0 Å². The molecule has 0 spiro atoms. The molecule has 36 heteroatoms. The number of nitrogens with one attached hydrogen (secondary N) is 1. The standard InChI is InChI=1S/C58H47N9O22S5/c1-29-17-47(51(85-15-13-69)27-44(29)61-60-43-5-3-4-31-6-9-38(25-42(31)43)92(75,76)77)64-67-56-53(94(81,82)83)23-33-19-36(8-11-41(33)58(56)72)59-35-7-10-40-32(18-35)22-52(91-89-87-74)55(57(40)71)66-63-46-16-30(2)45(28-50(46)84-14-12-68)62-65-48-26-39(93(78,79)80)21-34-20-37(90-88-86-73)24-49(70)54(34)48/h3-11,16-28,59,68-74H,12-15H2,1-2H3,(H,75,76,77)(H,78,79,80)(H,81,82,83)/b61-60+,65-62+,66-63+,67-64+. The van der Waals surface area contributed by atoms with Crippen LogP contribution in [0.15, 0.2) is 199 Å². The molecule has 11 N–H and O–H groups in total. The fraction of sp³-hybridized carbons (Fsp3) is 0.103. The molecule has 10 aromatic carbocycles. The van der Waals surface area contributed by atoms with E-state index in [0.717, 1.165) is 18.2 Å². The quantitative estimate of drug-likeness (QED) is 0.00832. The minimum Gasteiger partial charge on any atom is -0.507 e. The first-order chi connectivity index (χ1) is 44.8.